The molecule has 0 radical (unpaired) electrons. The fourth-order valence-electron chi connectivity index (χ4n) is 3.72. The maximum atomic E-state index is 10.4. The molecule has 0 aromatic heterocycles. The van der Waals surface area contributed by atoms with E-state index in [4.69, 9.17) is 11.6 Å². The second kappa shape index (κ2) is 3.97. The third kappa shape index (κ3) is 2.47. The molecule has 1 amide bonds. The van der Waals surface area contributed by atoms with Crippen LogP contribution in [0.1, 0.15) is 45.4 Å². The van der Waals surface area contributed by atoms with Crippen molar-refractivity contribution in [1.29, 1.82) is 0 Å². The van der Waals surface area contributed by atoms with Gasteiger partial charge in [0, 0.05) is 11.4 Å². The molecule has 0 aromatic rings. The summed E-state index contributed by atoms with van der Waals surface area (Å²) in [6, 6.07) is 0. The first kappa shape index (κ1) is 11.3. The molecule has 2 nitrogen and oxygen atoms in total. The number of carbonyl (C=O) groups is 1. The van der Waals surface area contributed by atoms with Gasteiger partial charge in [-0.25, -0.2) is 0 Å². The number of carbonyl (C=O) groups excluding carboxylic acids is 1. The zero-order valence-corrected chi connectivity index (χ0v) is 10.1. The maximum absolute atomic E-state index is 10.4. The average Bonchev–Trinajstić information content (AvgIpc) is 2.12. The quantitative estimate of drug-likeness (QED) is 0.585. The van der Waals surface area contributed by atoms with Crippen LogP contribution in [0.3, 0.4) is 0 Å². The van der Waals surface area contributed by atoms with Crippen LogP contribution in [0, 0.1) is 11.3 Å². The fourth-order valence-corrected chi connectivity index (χ4v) is 4.39. The van der Waals surface area contributed by atoms with E-state index in [2.05, 4.69) is 12.2 Å². The highest BCUT2D eigenvalue weighted by Crippen LogP contribution is 2.53. The summed E-state index contributed by atoms with van der Waals surface area (Å²) < 4.78 is 0. The second-order valence-electron chi connectivity index (χ2n) is 5.80. The van der Waals surface area contributed by atoms with Gasteiger partial charge in [0.2, 0.25) is 6.41 Å². The Balaban J connectivity index is 2.05. The molecule has 0 spiro atoms. The van der Waals surface area contributed by atoms with E-state index in [1.807, 2.05) is 0 Å². The van der Waals surface area contributed by atoms with Gasteiger partial charge in [-0.15, -0.1) is 11.6 Å². The Morgan fingerprint density at radius 2 is 2.33 bits per heavy atom. The van der Waals surface area contributed by atoms with Gasteiger partial charge in [0.05, 0.1) is 0 Å². The van der Waals surface area contributed by atoms with Gasteiger partial charge in [-0.05, 0) is 37.0 Å². The number of halogens is 1. The summed E-state index contributed by atoms with van der Waals surface area (Å²) in [4.78, 5) is 10.4. The molecule has 3 unspecified atom stereocenters. The van der Waals surface area contributed by atoms with Gasteiger partial charge in [-0.3, -0.25) is 4.79 Å². The molecule has 3 heteroatoms. The highest BCUT2D eigenvalue weighted by atomic mass is 35.5. The molecule has 2 aliphatic rings. The fraction of sp³-hybridized carbons (Fsp3) is 0.917. The van der Waals surface area contributed by atoms with Crippen LogP contribution in [0.4, 0.5) is 0 Å². The number of hydrogen-bond donors (Lipinski definition) is 1. The van der Waals surface area contributed by atoms with E-state index in [1.165, 1.54) is 25.7 Å². The molecule has 0 saturated heterocycles. The molecular formula is C12H20ClNO. The Morgan fingerprint density at radius 1 is 1.53 bits per heavy atom. The van der Waals surface area contributed by atoms with Crippen molar-refractivity contribution in [3.8, 4) is 0 Å². The summed E-state index contributed by atoms with van der Waals surface area (Å²) >= 11 is 6.65. The first-order valence-corrected chi connectivity index (χ1v) is 6.29. The van der Waals surface area contributed by atoms with E-state index in [0.29, 0.717) is 0 Å². The summed E-state index contributed by atoms with van der Waals surface area (Å²) in [6.07, 6.45) is 8.03. The van der Waals surface area contributed by atoms with E-state index in [9.17, 15) is 4.79 Å². The van der Waals surface area contributed by atoms with Gasteiger partial charge < -0.3 is 5.32 Å². The van der Waals surface area contributed by atoms with E-state index < -0.39 is 0 Å². The van der Waals surface area contributed by atoms with Crippen molar-refractivity contribution in [2.45, 2.75) is 50.3 Å². The van der Waals surface area contributed by atoms with Crippen LogP contribution in [0.15, 0.2) is 0 Å². The van der Waals surface area contributed by atoms with Crippen molar-refractivity contribution in [2.75, 3.05) is 6.54 Å². The first-order valence-electron chi connectivity index (χ1n) is 5.91. The Bertz CT molecular complexity index is 258. The van der Waals surface area contributed by atoms with Crippen LogP contribution in [0.25, 0.3) is 0 Å². The summed E-state index contributed by atoms with van der Waals surface area (Å²) in [5.74, 6) is 0.781. The molecule has 2 saturated carbocycles. The normalized spacial score (nSPS) is 44.8. The van der Waals surface area contributed by atoms with Crippen LogP contribution in [-0.4, -0.2) is 17.8 Å². The van der Waals surface area contributed by atoms with Gasteiger partial charge >= 0.3 is 0 Å². The largest absolute Gasteiger partial charge is 0.358 e. The van der Waals surface area contributed by atoms with E-state index in [0.717, 1.165) is 31.7 Å². The lowest BCUT2D eigenvalue weighted by Crippen LogP contribution is -2.46. The molecule has 0 heterocycles. The van der Waals surface area contributed by atoms with Crippen LogP contribution >= 0.6 is 11.6 Å². The Hall–Kier alpha value is -0.240. The number of alkyl halides is 1. The average molecular weight is 230 g/mol. The lowest BCUT2D eigenvalue weighted by atomic mass is 9.61. The van der Waals surface area contributed by atoms with Gasteiger partial charge in [0.25, 0.3) is 0 Å². The zero-order valence-electron chi connectivity index (χ0n) is 9.39. The van der Waals surface area contributed by atoms with Crippen molar-refractivity contribution in [3.05, 3.63) is 0 Å². The van der Waals surface area contributed by atoms with Crippen LogP contribution in [0.2, 0.25) is 0 Å². The lowest BCUT2D eigenvalue weighted by molar-refractivity contribution is -0.110. The third-order valence-electron chi connectivity index (χ3n) is 4.03. The number of hydrogen-bond acceptors (Lipinski definition) is 1. The summed E-state index contributed by atoms with van der Waals surface area (Å²) in [5, 5.41) is 2.83. The zero-order chi connectivity index (χ0) is 10.9. The monoisotopic (exact) mass is 229 g/mol. The highest BCUT2D eigenvalue weighted by Gasteiger charge is 2.46. The Morgan fingerprint density at radius 3 is 3.00 bits per heavy atom. The van der Waals surface area contributed by atoms with Crippen LogP contribution in [-0.2, 0) is 4.79 Å². The molecule has 2 aliphatic carbocycles. The van der Waals surface area contributed by atoms with Gasteiger partial charge in [0.15, 0.2) is 0 Å². The molecule has 2 fully saturated rings. The summed E-state index contributed by atoms with van der Waals surface area (Å²) in [5.41, 5.74) is 0.214. The third-order valence-corrected chi connectivity index (χ3v) is 4.51. The molecule has 0 aromatic carbocycles. The minimum absolute atomic E-state index is 0.0283. The number of nitrogens with one attached hydrogen (secondary N) is 1. The smallest absolute Gasteiger partial charge is 0.207 e. The van der Waals surface area contributed by atoms with Crippen molar-refractivity contribution in [3.63, 3.8) is 0 Å². The van der Waals surface area contributed by atoms with Crippen LogP contribution < -0.4 is 5.32 Å². The van der Waals surface area contributed by atoms with Gasteiger partial charge in [-0.2, -0.15) is 0 Å². The summed E-state index contributed by atoms with van der Waals surface area (Å²) in [7, 11) is 0. The molecule has 1 N–H and O–H groups in total. The number of amides is 1. The predicted octanol–water partition coefficient (Wildman–Crippen LogP) is 2.70. The van der Waals surface area contributed by atoms with Crippen molar-refractivity contribution in [2.24, 2.45) is 11.3 Å². The minimum atomic E-state index is 0.0283. The Kier molecular flexibility index (Phi) is 2.98. The Labute approximate surface area is 96.8 Å². The summed E-state index contributed by atoms with van der Waals surface area (Å²) in [6.45, 7) is 3.04. The molecular weight excluding hydrogens is 210 g/mol. The number of rotatable bonds is 3. The standard InChI is InChI=1S/C12H20ClNO/c1-11(8-14-9-15)5-10-3-2-4-12(13,6-10)7-11/h9-10H,2-8H2,1H3,(H,14,15). The van der Waals surface area contributed by atoms with Crippen molar-refractivity contribution < 1.29 is 4.79 Å². The van der Waals surface area contributed by atoms with Crippen molar-refractivity contribution >= 4 is 18.0 Å². The molecule has 3 atom stereocenters. The lowest BCUT2D eigenvalue weighted by Gasteiger charge is -2.49. The molecule has 86 valence electrons. The van der Waals surface area contributed by atoms with Crippen LogP contribution in [0.5, 0.6) is 0 Å². The van der Waals surface area contributed by atoms with E-state index >= 15 is 0 Å². The predicted molar refractivity (Wildman–Crippen MR) is 61.9 cm³/mol. The second-order valence-corrected chi connectivity index (χ2v) is 6.61. The molecule has 2 bridgehead atoms. The SMILES string of the molecule is CC1(CNC=O)CC2CCCC(Cl)(C2)C1. The van der Waals surface area contributed by atoms with E-state index in [1.54, 1.807) is 0 Å². The maximum Gasteiger partial charge on any atom is 0.207 e. The van der Waals surface area contributed by atoms with Gasteiger partial charge in [0.1, 0.15) is 0 Å². The minimum Gasteiger partial charge on any atom is -0.358 e. The van der Waals surface area contributed by atoms with E-state index in [-0.39, 0.29) is 10.3 Å². The molecule has 2 rings (SSSR count). The number of fused-ring (bicyclic) bond motifs is 2. The highest BCUT2D eigenvalue weighted by molar-refractivity contribution is 6.24. The first-order chi connectivity index (χ1) is 7.05. The van der Waals surface area contributed by atoms with Gasteiger partial charge in [-0.1, -0.05) is 19.8 Å². The molecule has 0 aliphatic heterocycles. The topological polar surface area (TPSA) is 29.1 Å². The van der Waals surface area contributed by atoms with Crippen molar-refractivity contribution in [1.82, 2.24) is 5.32 Å². The molecule has 15 heavy (non-hydrogen) atoms.